The van der Waals surface area contributed by atoms with Crippen LogP contribution in [-0.2, 0) is 9.53 Å². The fraction of sp³-hybridized carbons (Fsp3) is 0.278. The average molecular weight is 300 g/mol. The lowest BCUT2D eigenvalue weighted by Crippen LogP contribution is -2.13. The first-order valence-corrected chi connectivity index (χ1v) is 7.06. The number of aryl methyl sites for hydroxylation is 1. The minimum atomic E-state index is -0.403. The van der Waals surface area contributed by atoms with Gasteiger partial charge in [0.05, 0.1) is 7.11 Å². The largest absolute Gasteiger partial charge is 0.496 e. The van der Waals surface area contributed by atoms with E-state index in [0.717, 1.165) is 27.8 Å². The fourth-order valence-electron chi connectivity index (χ4n) is 2.21. The number of hydrogen-bond acceptors (Lipinski definition) is 4. The van der Waals surface area contributed by atoms with E-state index >= 15 is 0 Å². The van der Waals surface area contributed by atoms with Crippen molar-refractivity contribution in [3.8, 4) is 11.5 Å². The van der Waals surface area contributed by atoms with Crippen molar-refractivity contribution < 1.29 is 19.0 Å². The number of hydrogen-bond donors (Lipinski definition) is 0. The third-order valence-corrected chi connectivity index (χ3v) is 3.27. The first-order valence-electron chi connectivity index (χ1n) is 7.06. The second-order valence-electron chi connectivity index (χ2n) is 5.04. The van der Waals surface area contributed by atoms with Crippen LogP contribution in [0.1, 0.15) is 12.5 Å². The summed E-state index contributed by atoms with van der Waals surface area (Å²) in [5.74, 6) is 1.19. The maximum atomic E-state index is 11.3. The summed E-state index contributed by atoms with van der Waals surface area (Å²) in [7, 11) is 1.65. The molecule has 2 aromatic rings. The van der Waals surface area contributed by atoms with Crippen molar-refractivity contribution in [2.24, 2.45) is 0 Å². The number of esters is 1. The predicted octanol–water partition coefficient (Wildman–Crippen LogP) is 3.65. The van der Waals surface area contributed by atoms with Crippen molar-refractivity contribution >= 4 is 16.7 Å². The molecule has 0 aromatic heterocycles. The standard InChI is InChI=1S/C18H20O4/c1-12(2)18(19)22-10-9-21-17-13(3)11-16(20-4)14-7-5-6-8-15(14)17/h5-8,11H,1,9-10H2,2-4H3. The Morgan fingerprint density at radius 3 is 2.50 bits per heavy atom. The summed E-state index contributed by atoms with van der Waals surface area (Å²) >= 11 is 0. The van der Waals surface area contributed by atoms with Crippen molar-refractivity contribution in [3.05, 3.63) is 48.0 Å². The number of rotatable bonds is 6. The van der Waals surface area contributed by atoms with E-state index in [-0.39, 0.29) is 13.2 Å². The zero-order valence-corrected chi connectivity index (χ0v) is 13.1. The molecule has 0 aliphatic rings. The number of fused-ring (bicyclic) bond motifs is 1. The molecule has 0 aliphatic heterocycles. The SMILES string of the molecule is C=C(C)C(=O)OCCOc1c(C)cc(OC)c2ccccc12. The highest BCUT2D eigenvalue weighted by atomic mass is 16.6. The average Bonchev–Trinajstić information content (AvgIpc) is 2.52. The normalized spacial score (nSPS) is 10.3. The highest BCUT2D eigenvalue weighted by molar-refractivity contribution is 5.94. The molecule has 0 fully saturated rings. The zero-order chi connectivity index (χ0) is 16.1. The molecule has 0 amide bonds. The summed E-state index contributed by atoms with van der Waals surface area (Å²) in [5.41, 5.74) is 1.35. The van der Waals surface area contributed by atoms with Gasteiger partial charge in [-0.05, 0) is 25.5 Å². The van der Waals surface area contributed by atoms with E-state index in [4.69, 9.17) is 14.2 Å². The molecule has 0 atom stereocenters. The van der Waals surface area contributed by atoms with Gasteiger partial charge in [-0.15, -0.1) is 0 Å². The van der Waals surface area contributed by atoms with Crippen molar-refractivity contribution in [1.82, 2.24) is 0 Å². The molecule has 22 heavy (non-hydrogen) atoms. The van der Waals surface area contributed by atoms with Crippen LogP contribution in [-0.4, -0.2) is 26.3 Å². The summed E-state index contributed by atoms with van der Waals surface area (Å²) in [6.07, 6.45) is 0. The second-order valence-corrected chi connectivity index (χ2v) is 5.04. The lowest BCUT2D eigenvalue weighted by Gasteiger charge is -2.15. The number of methoxy groups -OCH3 is 1. The third-order valence-electron chi connectivity index (χ3n) is 3.27. The Labute approximate surface area is 130 Å². The van der Waals surface area contributed by atoms with Gasteiger partial charge in [0.1, 0.15) is 24.7 Å². The van der Waals surface area contributed by atoms with E-state index in [1.54, 1.807) is 14.0 Å². The van der Waals surface area contributed by atoms with Gasteiger partial charge in [-0.25, -0.2) is 4.79 Å². The van der Waals surface area contributed by atoms with Crippen LogP contribution in [0.15, 0.2) is 42.5 Å². The molecule has 0 saturated heterocycles. The molecule has 116 valence electrons. The van der Waals surface area contributed by atoms with Gasteiger partial charge in [0.2, 0.25) is 0 Å². The Morgan fingerprint density at radius 1 is 1.18 bits per heavy atom. The molecule has 0 spiro atoms. The lowest BCUT2D eigenvalue weighted by atomic mass is 10.0. The number of carbonyl (C=O) groups excluding carboxylic acids is 1. The molecule has 4 heteroatoms. The highest BCUT2D eigenvalue weighted by Crippen LogP contribution is 2.36. The molecule has 0 heterocycles. The van der Waals surface area contributed by atoms with E-state index in [2.05, 4.69) is 6.58 Å². The predicted molar refractivity (Wildman–Crippen MR) is 86.5 cm³/mol. The Balaban J connectivity index is 2.16. The van der Waals surface area contributed by atoms with E-state index in [9.17, 15) is 4.79 Å². The monoisotopic (exact) mass is 300 g/mol. The minimum Gasteiger partial charge on any atom is -0.496 e. The summed E-state index contributed by atoms with van der Waals surface area (Å²) in [4.78, 5) is 11.3. The van der Waals surface area contributed by atoms with Crippen LogP contribution in [0.3, 0.4) is 0 Å². The van der Waals surface area contributed by atoms with Crippen LogP contribution < -0.4 is 9.47 Å². The molecule has 0 radical (unpaired) electrons. The van der Waals surface area contributed by atoms with Crippen LogP contribution in [0.2, 0.25) is 0 Å². The Morgan fingerprint density at radius 2 is 1.86 bits per heavy atom. The smallest absolute Gasteiger partial charge is 0.333 e. The maximum absolute atomic E-state index is 11.3. The molecule has 0 bridgehead atoms. The Bertz CT molecular complexity index is 704. The quantitative estimate of drug-likeness (QED) is 0.464. The zero-order valence-electron chi connectivity index (χ0n) is 13.1. The Kier molecular flexibility index (Phi) is 5.04. The molecule has 0 saturated carbocycles. The summed E-state index contributed by atoms with van der Waals surface area (Å²) in [6, 6.07) is 9.83. The summed E-state index contributed by atoms with van der Waals surface area (Å²) in [5, 5.41) is 1.97. The van der Waals surface area contributed by atoms with Gasteiger partial charge >= 0.3 is 5.97 Å². The summed E-state index contributed by atoms with van der Waals surface area (Å²) in [6.45, 7) is 7.59. The highest BCUT2D eigenvalue weighted by Gasteiger charge is 2.11. The first kappa shape index (κ1) is 15.9. The van der Waals surface area contributed by atoms with Crippen LogP contribution >= 0.6 is 0 Å². The molecular weight excluding hydrogens is 280 g/mol. The lowest BCUT2D eigenvalue weighted by molar-refractivity contribution is -0.139. The Hall–Kier alpha value is -2.49. The van der Waals surface area contributed by atoms with E-state index in [1.165, 1.54) is 0 Å². The van der Waals surface area contributed by atoms with E-state index < -0.39 is 5.97 Å². The van der Waals surface area contributed by atoms with E-state index in [1.807, 2.05) is 37.3 Å². The summed E-state index contributed by atoms with van der Waals surface area (Å²) < 4.78 is 16.3. The van der Waals surface area contributed by atoms with Crippen molar-refractivity contribution in [3.63, 3.8) is 0 Å². The van der Waals surface area contributed by atoms with Crippen LogP contribution in [0.5, 0.6) is 11.5 Å². The molecular formula is C18H20O4. The first-order chi connectivity index (χ1) is 10.5. The second kappa shape index (κ2) is 6.98. The van der Waals surface area contributed by atoms with Crippen molar-refractivity contribution in [2.75, 3.05) is 20.3 Å². The molecule has 0 N–H and O–H groups in total. The molecule has 2 rings (SSSR count). The fourth-order valence-corrected chi connectivity index (χ4v) is 2.21. The van der Waals surface area contributed by atoms with Crippen molar-refractivity contribution in [1.29, 1.82) is 0 Å². The van der Waals surface area contributed by atoms with Crippen LogP contribution in [0.4, 0.5) is 0 Å². The number of ether oxygens (including phenoxy) is 3. The van der Waals surface area contributed by atoms with Gasteiger partial charge in [0.15, 0.2) is 0 Å². The third kappa shape index (κ3) is 3.39. The number of carbonyl (C=O) groups is 1. The van der Waals surface area contributed by atoms with Gasteiger partial charge in [-0.3, -0.25) is 0 Å². The maximum Gasteiger partial charge on any atom is 0.333 e. The molecule has 4 nitrogen and oxygen atoms in total. The van der Waals surface area contributed by atoms with Gasteiger partial charge in [0, 0.05) is 16.3 Å². The van der Waals surface area contributed by atoms with Gasteiger partial charge in [-0.2, -0.15) is 0 Å². The number of benzene rings is 2. The van der Waals surface area contributed by atoms with Crippen LogP contribution in [0, 0.1) is 6.92 Å². The molecule has 0 aliphatic carbocycles. The van der Waals surface area contributed by atoms with Gasteiger partial charge in [0.25, 0.3) is 0 Å². The van der Waals surface area contributed by atoms with E-state index in [0.29, 0.717) is 5.57 Å². The van der Waals surface area contributed by atoms with Crippen molar-refractivity contribution in [2.45, 2.75) is 13.8 Å². The van der Waals surface area contributed by atoms with Gasteiger partial charge < -0.3 is 14.2 Å². The molecule has 0 unspecified atom stereocenters. The molecule has 2 aromatic carbocycles. The van der Waals surface area contributed by atoms with Gasteiger partial charge in [-0.1, -0.05) is 30.8 Å². The minimum absolute atomic E-state index is 0.186. The van der Waals surface area contributed by atoms with Crippen LogP contribution in [0.25, 0.3) is 10.8 Å². The topological polar surface area (TPSA) is 44.8 Å².